The van der Waals surface area contributed by atoms with Gasteiger partial charge in [0.05, 0.1) is 6.61 Å². The van der Waals surface area contributed by atoms with Crippen molar-refractivity contribution in [1.29, 1.82) is 0 Å². The lowest BCUT2D eigenvalue weighted by molar-refractivity contribution is 0.114. The van der Waals surface area contributed by atoms with Crippen LogP contribution >= 0.6 is 0 Å². The van der Waals surface area contributed by atoms with Gasteiger partial charge in [0.2, 0.25) is 0 Å². The van der Waals surface area contributed by atoms with Gasteiger partial charge in [0.1, 0.15) is 5.82 Å². The highest BCUT2D eigenvalue weighted by Gasteiger charge is 1.97. The van der Waals surface area contributed by atoms with Crippen LogP contribution in [0.15, 0.2) is 18.3 Å². The van der Waals surface area contributed by atoms with Crippen LogP contribution in [-0.2, 0) is 11.3 Å². The second-order valence-corrected chi connectivity index (χ2v) is 5.07. The molecule has 3 nitrogen and oxygen atoms in total. The fourth-order valence-electron chi connectivity index (χ4n) is 1.65. The SMILES string of the molecule is CCCNc1ccc(COCCCC(C)C)cn1. The average Bonchev–Trinajstić information content (AvgIpc) is 2.37. The molecule has 0 saturated heterocycles. The molecule has 0 bridgehead atoms. The van der Waals surface area contributed by atoms with E-state index in [0.29, 0.717) is 6.61 Å². The van der Waals surface area contributed by atoms with Crippen molar-refractivity contribution < 1.29 is 4.74 Å². The predicted octanol–water partition coefficient (Wildman–Crippen LogP) is 3.86. The maximum atomic E-state index is 5.63. The third-order valence-electron chi connectivity index (χ3n) is 2.72. The van der Waals surface area contributed by atoms with E-state index in [1.54, 1.807) is 0 Å². The van der Waals surface area contributed by atoms with E-state index in [0.717, 1.165) is 43.3 Å². The largest absolute Gasteiger partial charge is 0.377 e. The third kappa shape index (κ3) is 6.60. The van der Waals surface area contributed by atoms with E-state index in [1.807, 2.05) is 12.3 Å². The standard InChI is InChI=1S/C15H26N2O/c1-4-9-16-15-8-7-14(11-17-15)12-18-10-5-6-13(2)3/h7-8,11,13H,4-6,9-10,12H2,1-3H3,(H,16,17). The summed E-state index contributed by atoms with van der Waals surface area (Å²) < 4.78 is 5.63. The molecular formula is C15H26N2O. The lowest BCUT2D eigenvalue weighted by Gasteiger charge is -2.07. The highest BCUT2D eigenvalue weighted by molar-refractivity contribution is 5.35. The number of hydrogen-bond acceptors (Lipinski definition) is 3. The van der Waals surface area contributed by atoms with Crippen LogP contribution in [0.2, 0.25) is 0 Å². The summed E-state index contributed by atoms with van der Waals surface area (Å²) in [7, 11) is 0. The first-order valence-corrected chi connectivity index (χ1v) is 6.99. The minimum absolute atomic E-state index is 0.666. The number of nitrogens with zero attached hydrogens (tertiary/aromatic N) is 1. The third-order valence-corrected chi connectivity index (χ3v) is 2.72. The summed E-state index contributed by atoms with van der Waals surface area (Å²) in [5.41, 5.74) is 1.14. The lowest BCUT2D eigenvalue weighted by atomic mass is 10.1. The molecule has 0 saturated carbocycles. The summed E-state index contributed by atoms with van der Waals surface area (Å²) in [4.78, 5) is 4.35. The van der Waals surface area contributed by atoms with Crippen LogP contribution in [0.5, 0.6) is 0 Å². The van der Waals surface area contributed by atoms with Crippen molar-refractivity contribution in [2.75, 3.05) is 18.5 Å². The number of aromatic nitrogens is 1. The van der Waals surface area contributed by atoms with Crippen LogP contribution in [0.3, 0.4) is 0 Å². The van der Waals surface area contributed by atoms with E-state index < -0.39 is 0 Å². The summed E-state index contributed by atoms with van der Waals surface area (Å²) in [6, 6.07) is 4.09. The molecule has 1 N–H and O–H groups in total. The summed E-state index contributed by atoms with van der Waals surface area (Å²) in [5.74, 6) is 1.71. The van der Waals surface area contributed by atoms with Gasteiger partial charge in [-0.1, -0.05) is 26.8 Å². The molecule has 1 aromatic rings. The quantitative estimate of drug-likeness (QED) is 0.676. The molecule has 0 unspecified atom stereocenters. The molecule has 0 fully saturated rings. The van der Waals surface area contributed by atoms with Crippen molar-refractivity contribution in [3.63, 3.8) is 0 Å². The Balaban J connectivity index is 2.18. The molecule has 1 aromatic heterocycles. The van der Waals surface area contributed by atoms with Gasteiger partial charge in [-0.3, -0.25) is 0 Å². The van der Waals surface area contributed by atoms with Crippen molar-refractivity contribution >= 4 is 5.82 Å². The van der Waals surface area contributed by atoms with Gasteiger partial charge >= 0.3 is 0 Å². The van der Waals surface area contributed by atoms with Crippen LogP contribution in [-0.4, -0.2) is 18.1 Å². The molecule has 0 radical (unpaired) electrons. The fraction of sp³-hybridized carbons (Fsp3) is 0.667. The summed E-state index contributed by atoms with van der Waals surface area (Å²) in [5, 5.41) is 3.26. The summed E-state index contributed by atoms with van der Waals surface area (Å²) >= 11 is 0. The van der Waals surface area contributed by atoms with Crippen molar-refractivity contribution in [1.82, 2.24) is 4.98 Å². The van der Waals surface area contributed by atoms with Crippen LogP contribution < -0.4 is 5.32 Å². The number of anilines is 1. The normalized spacial score (nSPS) is 10.9. The molecule has 0 aliphatic carbocycles. The molecule has 3 heteroatoms. The average molecular weight is 250 g/mol. The molecule has 0 aliphatic heterocycles. The topological polar surface area (TPSA) is 34.1 Å². The van der Waals surface area contributed by atoms with E-state index in [2.05, 4.69) is 37.1 Å². The Labute approximate surface area is 111 Å². The molecule has 1 rings (SSSR count). The van der Waals surface area contributed by atoms with Gasteiger partial charge in [-0.2, -0.15) is 0 Å². The molecule has 102 valence electrons. The van der Waals surface area contributed by atoms with Crippen molar-refractivity contribution in [3.8, 4) is 0 Å². The first kappa shape index (κ1) is 15.0. The smallest absolute Gasteiger partial charge is 0.125 e. The second kappa shape index (κ2) is 8.92. The molecule has 0 spiro atoms. The van der Waals surface area contributed by atoms with Gasteiger partial charge < -0.3 is 10.1 Å². The van der Waals surface area contributed by atoms with E-state index in [4.69, 9.17) is 4.74 Å². The zero-order valence-electron chi connectivity index (χ0n) is 11.9. The van der Waals surface area contributed by atoms with Gasteiger partial charge in [0.15, 0.2) is 0 Å². The first-order valence-electron chi connectivity index (χ1n) is 6.99. The van der Waals surface area contributed by atoms with Crippen LogP contribution in [0, 0.1) is 5.92 Å². The summed E-state index contributed by atoms with van der Waals surface area (Å²) in [6.07, 6.45) is 5.38. The van der Waals surface area contributed by atoms with E-state index in [9.17, 15) is 0 Å². The Morgan fingerprint density at radius 3 is 2.78 bits per heavy atom. The van der Waals surface area contributed by atoms with E-state index >= 15 is 0 Å². The Bertz CT molecular complexity index is 309. The number of ether oxygens (including phenoxy) is 1. The number of hydrogen-bond donors (Lipinski definition) is 1. The number of rotatable bonds is 9. The van der Waals surface area contributed by atoms with Crippen LogP contribution in [0.4, 0.5) is 5.82 Å². The summed E-state index contributed by atoms with van der Waals surface area (Å²) in [6.45, 7) is 9.11. The van der Waals surface area contributed by atoms with Gasteiger partial charge in [-0.25, -0.2) is 4.98 Å². The van der Waals surface area contributed by atoms with Gasteiger partial charge in [-0.15, -0.1) is 0 Å². The second-order valence-electron chi connectivity index (χ2n) is 5.07. The Kier molecular flexibility index (Phi) is 7.42. The minimum Gasteiger partial charge on any atom is -0.377 e. The fourth-order valence-corrected chi connectivity index (χ4v) is 1.65. The number of pyridine rings is 1. The molecule has 0 atom stereocenters. The minimum atomic E-state index is 0.666. The van der Waals surface area contributed by atoms with E-state index in [-0.39, 0.29) is 0 Å². The zero-order chi connectivity index (χ0) is 13.2. The van der Waals surface area contributed by atoms with Gasteiger partial charge in [0.25, 0.3) is 0 Å². The molecule has 1 heterocycles. The van der Waals surface area contributed by atoms with Gasteiger partial charge in [0, 0.05) is 19.3 Å². The van der Waals surface area contributed by atoms with Gasteiger partial charge in [-0.05, 0) is 36.8 Å². The van der Waals surface area contributed by atoms with Crippen LogP contribution in [0.1, 0.15) is 45.6 Å². The molecule has 0 aliphatic rings. The predicted molar refractivity (Wildman–Crippen MR) is 76.7 cm³/mol. The Morgan fingerprint density at radius 2 is 2.17 bits per heavy atom. The number of nitrogens with one attached hydrogen (secondary N) is 1. The highest BCUT2D eigenvalue weighted by Crippen LogP contribution is 2.08. The maximum Gasteiger partial charge on any atom is 0.125 e. The van der Waals surface area contributed by atoms with Crippen LogP contribution in [0.25, 0.3) is 0 Å². The van der Waals surface area contributed by atoms with Crippen molar-refractivity contribution in [2.45, 2.75) is 46.6 Å². The monoisotopic (exact) mass is 250 g/mol. The maximum absolute atomic E-state index is 5.63. The van der Waals surface area contributed by atoms with Crippen molar-refractivity contribution in [3.05, 3.63) is 23.9 Å². The van der Waals surface area contributed by atoms with E-state index in [1.165, 1.54) is 6.42 Å². The molecule has 0 aromatic carbocycles. The molecule has 0 amide bonds. The Morgan fingerprint density at radius 1 is 1.33 bits per heavy atom. The highest BCUT2D eigenvalue weighted by atomic mass is 16.5. The Hall–Kier alpha value is -1.09. The molecule has 18 heavy (non-hydrogen) atoms. The first-order chi connectivity index (χ1) is 8.72. The molecular weight excluding hydrogens is 224 g/mol. The van der Waals surface area contributed by atoms with Crippen molar-refractivity contribution in [2.24, 2.45) is 5.92 Å². The zero-order valence-corrected chi connectivity index (χ0v) is 11.9. The lowest BCUT2D eigenvalue weighted by Crippen LogP contribution is -2.02.